The van der Waals surface area contributed by atoms with Crippen molar-refractivity contribution in [2.75, 3.05) is 6.61 Å². The molecule has 2 N–H and O–H groups in total. The molecular formula is C18H18BrN3OS. The molecule has 0 amide bonds. The second-order valence-corrected chi connectivity index (χ2v) is 6.65. The van der Waals surface area contributed by atoms with Crippen LogP contribution in [0.15, 0.2) is 75.9 Å². The Hall–Kier alpha value is -2.05. The fourth-order valence-corrected chi connectivity index (χ4v) is 2.80. The van der Waals surface area contributed by atoms with Gasteiger partial charge < -0.3 is 10.5 Å². The molecule has 0 saturated heterocycles. The lowest BCUT2D eigenvalue weighted by Crippen LogP contribution is -2.06. The van der Waals surface area contributed by atoms with Crippen molar-refractivity contribution < 1.29 is 4.74 Å². The van der Waals surface area contributed by atoms with Crippen molar-refractivity contribution in [2.45, 2.75) is 5.75 Å². The number of nitrogens with zero attached hydrogens (tertiary/aromatic N) is 2. The predicted molar refractivity (Wildman–Crippen MR) is 107 cm³/mol. The highest BCUT2D eigenvalue weighted by molar-refractivity contribution is 9.10. The Kier molecular flexibility index (Phi) is 7.58. The van der Waals surface area contributed by atoms with E-state index >= 15 is 0 Å². The van der Waals surface area contributed by atoms with E-state index in [1.54, 1.807) is 12.3 Å². The molecule has 0 radical (unpaired) electrons. The van der Waals surface area contributed by atoms with Gasteiger partial charge in [-0.2, -0.15) is 5.10 Å². The molecule has 0 atom stereocenters. The fourth-order valence-electron chi connectivity index (χ4n) is 1.81. The smallest absolute Gasteiger partial charge is 0.180 e. The summed E-state index contributed by atoms with van der Waals surface area (Å²) in [5.41, 5.74) is 7.89. The Balaban J connectivity index is 1.99. The molecule has 0 aliphatic carbocycles. The number of hydrogen-bond acceptors (Lipinski definition) is 4. The average molecular weight is 404 g/mol. The molecule has 0 fully saturated rings. The Morgan fingerprint density at radius 1 is 1.25 bits per heavy atom. The number of ether oxygens (including phenoxy) is 1. The molecule has 0 bridgehead atoms. The summed E-state index contributed by atoms with van der Waals surface area (Å²) in [4.78, 5) is 0. The number of thioether (sulfide) groups is 1. The van der Waals surface area contributed by atoms with Crippen LogP contribution in [0.3, 0.4) is 0 Å². The van der Waals surface area contributed by atoms with E-state index in [1.807, 2.05) is 48.5 Å². The van der Waals surface area contributed by atoms with Crippen molar-refractivity contribution in [3.05, 3.63) is 76.8 Å². The Morgan fingerprint density at radius 3 is 2.79 bits per heavy atom. The molecule has 24 heavy (non-hydrogen) atoms. The van der Waals surface area contributed by atoms with Gasteiger partial charge in [0.25, 0.3) is 0 Å². The summed E-state index contributed by atoms with van der Waals surface area (Å²) in [5.74, 6) is 1.48. The van der Waals surface area contributed by atoms with Crippen LogP contribution in [0.25, 0.3) is 0 Å². The molecular weight excluding hydrogens is 386 g/mol. The monoisotopic (exact) mass is 403 g/mol. The van der Waals surface area contributed by atoms with Crippen LogP contribution < -0.4 is 10.5 Å². The first-order chi connectivity index (χ1) is 11.7. The minimum atomic E-state index is 0.415. The van der Waals surface area contributed by atoms with Crippen molar-refractivity contribution >= 4 is 39.1 Å². The number of benzene rings is 2. The Labute approximate surface area is 154 Å². The van der Waals surface area contributed by atoms with E-state index in [2.05, 4.69) is 32.7 Å². The van der Waals surface area contributed by atoms with Gasteiger partial charge in [0.05, 0.1) is 6.21 Å². The SMILES string of the molecule is C=CCOc1ccc(Br)cc1C=NN=C(N)SCc1ccccc1. The topological polar surface area (TPSA) is 60.0 Å². The summed E-state index contributed by atoms with van der Waals surface area (Å²) in [6, 6.07) is 15.8. The van der Waals surface area contributed by atoms with Gasteiger partial charge in [0.2, 0.25) is 0 Å². The van der Waals surface area contributed by atoms with Crippen molar-refractivity contribution in [1.82, 2.24) is 0 Å². The van der Waals surface area contributed by atoms with Gasteiger partial charge in [-0.05, 0) is 23.8 Å². The summed E-state index contributed by atoms with van der Waals surface area (Å²) in [6.07, 6.45) is 3.32. The van der Waals surface area contributed by atoms with Gasteiger partial charge in [-0.15, -0.1) is 5.10 Å². The zero-order valence-corrected chi connectivity index (χ0v) is 15.5. The molecule has 0 heterocycles. The maximum atomic E-state index is 5.88. The standard InChI is InChI=1S/C18H18BrN3OS/c1-2-10-23-17-9-8-16(19)11-15(17)12-21-22-18(20)24-13-14-6-4-3-5-7-14/h2-9,11-12H,1,10,13H2,(H2,20,22). The Bertz CT molecular complexity index is 732. The maximum Gasteiger partial charge on any atom is 0.180 e. The summed E-state index contributed by atoms with van der Waals surface area (Å²) in [5, 5.41) is 8.49. The minimum absolute atomic E-state index is 0.415. The van der Waals surface area contributed by atoms with E-state index in [0.717, 1.165) is 15.8 Å². The van der Waals surface area contributed by atoms with E-state index < -0.39 is 0 Å². The molecule has 4 nitrogen and oxygen atoms in total. The first-order valence-electron chi connectivity index (χ1n) is 7.25. The number of hydrogen-bond donors (Lipinski definition) is 1. The van der Waals surface area contributed by atoms with Gasteiger partial charge in [-0.3, -0.25) is 0 Å². The molecule has 6 heteroatoms. The molecule has 0 aliphatic heterocycles. The third-order valence-corrected chi connectivity index (χ3v) is 4.26. The summed E-state index contributed by atoms with van der Waals surface area (Å²) in [6.45, 7) is 4.08. The van der Waals surface area contributed by atoms with E-state index in [9.17, 15) is 0 Å². The van der Waals surface area contributed by atoms with Crippen molar-refractivity contribution in [1.29, 1.82) is 0 Å². The summed E-state index contributed by atoms with van der Waals surface area (Å²) < 4.78 is 6.52. The number of rotatable bonds is 7. The molecule has 0 aliphatic rings. The third kappa shape index (κ3) is 6.22. The predicted octanol–water partition coefficient (Wildman–Crippen LogP) is 4.60. The van der Waals surface area contributed by atoms with Crippen LogP contribution >= 0.6 is 27.7 Å². The number of halogens is 1. The lowest BCUT2D eigenvalue weighted by atomic mass is 10.2. The van der Waals surface area contributed by atoms with Crippen LogP contribution in [-0.4, -0.2) is 18.0 Å². The molecule has 2 aromatic rings. The second-order valence-electron chi connectivity index (χ2n) is 4.74. The van der Waals surface area contributed by atoms with Gasteiger partial charge >= 0.3 is 0 Å². The molecule has 0 saturated carbocycles. The highest BCUT2D eigenvalue weighted by Crippen LogP contribution is 2.22. The largest absolute Gasteiger partial charge is 0.489 e. The molecule has 0 unspecified atom stereocenters. The third-order valence-electron chi connectivity index (χ3n) is 2.91. The highest BCUT2D eigenvalue weighted by Gasteiger charge is 2.02. The van der Waals surface area contributed by atoms with Crippen LogP contribution in [0.5, 0.6) is 5.75 Å². The summed E-state index contributed by atoms with van der Waals surface area (Å²) in [7, 11) is 0. The van der Waals surface area contributed by atoms with E-state index in [0.29, 0.717) is 17.5 Å². The quantitative estimate of drug-likeness (QED) is 0.318. The first-order valence-corrected chi connectivity index (χ1v) is 9.03. The lowest BCUT2D eigenvalue weighted by molar-refractivity contribution is 0.362. The lowest BCUT2D eigenvalue weighted by Gasteiger charge is -2.06. The first kappa shape index (κ1) is 18.3. The normalized spacial score (nSPS) is 11.6. The van der Waals surface area contributed by atoms with E-state index in [1.165, 1.54) is 17.3 Å². The number of nitrogens with two attached hydrogens (primary N) is 1. The minimum Gasteiger partial charge on any atom is -0.489 e. The van der Waals surface area contributed by atoms with Gasteiger partial charge in [-0.1, -0.05) is 70.7 Å². The molecule has 0 spiro atoms. The highest BCUT2D eigenvalue weighted by atomic mass is 79.9. The van der Waals surface area contributed by atoms with Crippen molar-refractivity contribution in [3.63, 3.8) is 0 Å². The molecule has 124 valence electrons. The van der Waals surface area contributed by atoms with Crippen LogP contribution in [0.2, 0.25) is 0 Å². The maximum absolute atomic E-state index is 5.88. The van der Waals surface area contributed by atoms with Gasteiger partial charge in [0.15, 0.2) is 5.17 Å². The van der Waals surface area contributed by atoms with Gasteiger partial charge in [0.1, 0.15) is 12.4 Å². The van der Waals surface area contributed by atoms with Gasteiger partial charge in [0, 0.05) is 15.8 Å². The molecule has 2 rings (SSSR count). The zero-order chi connectivity index (χ0) is 17.2. The van der Waals surface area contributed by atoms with Crippen LogP contribution in [0.4, 0.5) is 0 Å². The van der Waals surface area contributed by atoms with E-state index in [4.69, 9.17) is 10.5 Å². The van der Waals surface area contributed by atoms with Crippen molar-refractivity contribution in [2.24, 2.45) is 15.9 Å². The zero-order valence-electron chi connectivity index (χ0n) is 13.1. The number of amidine groups is 1. The van der Waals surface area contributed by atoms with E-state index in [-0.39, 0.29) is 0 Å². The molecule has 0 aromatic heterocycles. The second kappa shape index (κ2) is 9.95. The summed E-state index contributed by atoms with van der Waals surface area (Å²) >= 11 is 4.88. The van der Waals surface area contributed by atoms with Gasteiger partial charge in [-0.25, -0.2) is 0 Å². The fraction of sp³-hybridized carbons (Fsp3) is 0.111. The van der Waals surface area contributed by atoms with Crippen LogP contribution in [-0.2, 0) is 5.75 Å². The van der Waals surface area contributed by atoms with Crippen molar-refractivity contribution in [3.8, 4) is 5.75 Å². The molecule has 2 aromatic carbocycles. The Morgan fingerprint density at radius 2 is 2.04 bits per heavy atom. The van der Waals surface area contributed by atoms with Crippen LogP contribution in [0, 0.1) is 0 Å². The van der Waals surface area contributed by atoms with Crippen LogP contribution in [0.1, 0.15) is 11.1 Å². The average Bonchev–Trinajstić information content (AvgIpc) is 2.60.